The summed E-state index contributed by atoms with van der Waals surface area (Å²) in [5.41, 5.74) is -1.65. The molecule has 0 saturated carbocycles. The van der Waals surface area contributed by atoms with Gasteiger partial charge in [0.05, 0.1) is 0 Å². The molecule has 12 heavy (non-hydrogen) atoms. The van der Waals surface area contributed by atoms with E-state index in [1.165, 1.54) is 0 Å². The van der Waals surface area contributed by atoms with Gasteiger partial charge in [-0.3, -0.25) is 24.7 Å². The molecular weight excluding hydrogens is 167 g/mol. The molecule has 7 nitrogen and oxygen atoms in total. The van der Waals surface area contributed by atoms with Crippen molar-refractivity contribution in [1.82, 2.24) is 19.9 Å². The monoisotopic (exact) mass is 171 g/mol. The number of H-pyrrole nitrogens is 4. The second kappa shape index (κ2) is 1.97. The number of imidazole rings is 1. The molecular formula is C5H4N4O3. The fourth-order valence-corrected chi connectivity index (χ4v) is 0.958. The van der Waals surface area contributed by atoms with Gasteiger partial charge < -0.3 is 0 Å². The molecule has 0 aromatic carbocycles. The third kappa shape index (κ3) is 0.797. The van der Waals surface area contributed by atoms with Crippen molar-refractivity contribution in [2.45, 2.75) is 0 Å². The Balaban J connectivity index is 3.18. The van der Waals surface area contributed by atoms with E-state index in [1.54, 1.807) is 0 Å². The van der Waals surface area contributed by atoms with Crippen molar-refractivity contribution >= 4 is 11.2 Å². The number of aromatic amines is 4. The molecule has 0 bridgehead atoms. The van der Waals surface area contributed by atoms with E-state index < -0.39 is 16.9 Å². The molecule has 0 saturated heterocycles. The van der Waals surface area contributed by atoms with E-state index in [1.807, 2.05) is 4.98 Å². The smallest absolute Gasteiger partial charge is 0.300 e. The Labute approximate surface area is 63.5 Å². The van der Waals surface area contributed by atoms with Gasteiger partial charge in [0, 0.05) is 0 Å². The maximum atomic E-state index is 10.9. The highest BCUT2D eigenvalue weighted by atomic mass is 16.2. The molecule has 0 radical (unpaired) electrons. The molecule has 2 heterocycles. The maximum absolute atomic E-state index is 10.9. The molecule has 0 aliphatic heterocycles. The van der Waals surface area contributed by atoms with Crippen LogP contribution in [0.25, 0.3) is 11.2 Å². The summed E-state index contributed by atoms with van der Waals surface area (Å²) in [5, 5.41) is 0. The molecule has 0 unspecified atom stereocenters. The van der Waals surface area contributed by atoms with E-state index in [9.17, 15) is 14.4 Å². The minimum absolute atomic E-state index is 0.0413. The van der Waals surface area contributed by atoms with Crippen LogP contribution in [-0.2, 0) is 0 Å². The standard InChI is InChI=1S/C5H4N4O3/c10-3-1-2(7-4(11)6-1)8-5(12)9-3/h(H4,6,7,8,9,10,11,12)/i1+1,2+1,3+1. The summed E-state index contributed by atoms with van der Waals surface area (Å²) >= 11 is 0. The SMILES string of the molecule is O=c1[nH][13c](=O)[13c]2[nH]c(=O)[nH][13c]2[nH]1. The van der Waals surface area contributed by atoms with Gasteiger partial charge in [0.2, 0.25) is 0 Å². The van der Waals surface area contributed by atoms with Gasteiger partial charge in [0.25, 0.3) is 5.56 Å². The summed E-state index contributed by atoms with van der Waals surface area (Å²) in [6, 6.07) is 0. The van der Waals surface area contributed by atoms with Crippen LogP contribution in [0.3, 0.4) is 0 Å². The van der Waals surface area contributed by atoms with Crippen molar-refractivity contribution in [1.29, 1.82) is 0 Å². The molecule has 2 aromatic rings. The topological polar surface area (TPSA) is 114 Å². The molecule has 0 fully saturated rings. The minimum atomic E-state index is -0.650. The lowest BCUT2D eigenvalue weighted by atomic mass is 11.2. The van der Waals surface area contributed by atoms with Crippen molar-refractivity contribution in [2.75, 3.05) is 0 Å². The average Bonchev–Trinajstić information content (AvgIpc) is 2.29. The van der Waals surface area contributed by atoms with Gasteiger partial charge in [-0.2, -0.15) is 0 Å². The van der Waals surface area contributed by atoms with Gasteiger partial charge in [0.15, 0.2) is 0 Å². The quantitative estimate of drug-likeness (QED) is 0.376. The Hall–Kier alpha value is -2.05. The Kier molecular flexibility index (Phi) is 1.09. The highest BCUT2D eigenvalue weighted by molar-refractivity contribution is 5.67. The third-order valence-corrected chi connectivity index (χ3v) is 1.42. The summed E-state index contributed by atoms with van der Waals surface area (Å²) < 4.78 is 0. The average molecular weight is 171 g/mol. The largest absolute Gasteiger partial charge is 0.327 e. The normalized spacial score (nSPS) is 10.7. The Morgan fingerprint density at radius 3 is 2.00 bits per heavy atom. The second-order valence-corrected chi connectivity index (χ2v) is 2.24. The number of rotatable bonds is 0. The lowest BCUT2D eigenvalue weighted by molar-refractivity contribution is 1.07. The fourth-order valence-electron chi connectivity index (χ4n) is 0.958. The number of hydrogen-bond donors (Lipinski definition) is 4. The third-order valence-electron chi connectivity index (χ3n) is 1.42. The van der Waals surface area contributed by atoms with Crippen molar-refractivity contribution < 1.29 is 0 Å². The molecule has 0 amide bonds. The summed E-state index contributed by atoms with van der Waals surface area (Å²) in [5.74, 6) is 0. The Morgan fingerprint density at radius 1 is 0.750 bits per heavy atom. The van der Waals surface area contributed by atoms with Crippen LogP contribution in [0, 0.1) is 0 Å². The van der Waals surface area contributed by atoms with Crippen LogP contribution in [-0.4, -0.2) is 19.9 Å². The van der Waals surface area contributed by atoms with Crippen LogP contribution in [0.2, 0.25) is 0 Å². The lowest BCUT2D eigenvalue weighted by Crippen LogP contribution is -2.21. The molecule has 4 N–H and O–H groups in total. The molecule has 0 atom stereocenters. The van der Waals surface area contributed by atoms with E-state index in [-0.39, 0.29) is 11.2 Å². The zero-order chi connectivity index (χ0) is 8.72. The number of hydrogen-bond acceptors (Lipinski definition) is 3. The first-order chi connectivity index (χ1) is 5.66. The number of nitrogens with one attached hydrogen (secondary N) is 4. The van der Waals surface area contributed by atoms with E-state index >= 15 is 0 Å². The first-order valence-electron chi connectivity index (χ1n) is 3.11. The van der Waals surface area contributed by atoms with Crippen molar-refractivity contribution in [3.63, 3.8) is 0 Å². The molecule has 0 aliphatic carbocycles. The molecule has 2 rings (SSSR count). The number of fused-ring (bicyclic) bond motifs is 1. The highest BCUT2D eigenvalue weighted by Crippen LogP contribution is 1.88. The lowest BCUT2D eigenvalue weighted by Gasteiger charge is -1.83. The molecule has 62 valence electrons. The van der Waals surface area contributed by atoms with Crippen LogP contribution in [0.15, 0.2) is 14.4 Å². The van der Waals surface area contributed by atoms with Gasteiger partial charge >= 0.3 is 11.4 Å². The van der Waals surface area contributed by atoms with Crippen LogP contribution >= 0.6 is 0 Å². The van der Waals surface area contributed by atoms with E-state index in [0.717, 1.165) is 0 Å². The first kappa shape index (κ1) is 6.65. The van der Waals surface area contributed by atoms with Gasteiger partial charge in [-0.25, -0.2) is 9.59 Å². The van der Waals surface area contributed by atoms with Crippen molar-refractivity contribution in [2.24, 2.45) is 0 Å². The fraction of sp³-hybridized carbons (Fsp3) is 0. The van der Waals surface area contributed by atoms with Crippen LogP contribution < -0.4 is 16.9 Å². The van der Waals surface area contributed by atoms with E-state index in [4.69, 9.17) is 0 Å². The maximum Gasteiger partial charge on any atom is 0.327 e. The molecule has 0 spiro atoms. The van der Waals surface area contributed by atoms with Gasteiger partial charge in [-0.1, -0.05) is 0 Å². The summed E-state index contributed by atoms with van der Waals surface area (Å²) in [6.07, 6.45) is 0. The minimum Gasteiger partial charge on any atom is -0.300 e. The van der Waals surface area contributed by atoms with Crippen molar-refractivity contribution in [3.8, 4) is 0 Å². The summed E-state index contributed by atoms with van der Waals surface area (Å²) in [7, 11) is 0. The van der Waals surface area contributed by atoms with Gasteiger partial charge in [-0.05, 0) is 0 Å². The van der Waals surface area contributed by atoms with Crippen LogP contribution in [0.5, 0.6) is 0 Å². The van der Waals surface area contributed by atoms with E-state index in [0.29, 0.717) is 0 Å². The zero-order valence-corrected chi connectivity index (χ0v) is 5.72. The molecule has 7 heteroatoms. The summed E-state index contributed by atoms with van der Waals surface area (Å²) in [4.78, 5) is 41.0. The summed E-state index contributed by atoms with van der Waals surface area (Å²) in [6.45, 7) is 0. The first-order valence-corrected chi connectivity index (χ1v) is 3.11. The van der Waals surface area contributed by atoms with E-state index in [2.05, 4.69) is 15.0 Å². The predicted molar refractivity (Wildman–Crippen MR) is 40.2 cm³/mol. The van der Waals surface area contributed by atoms with Crippen LogP contribution in [0.4, 0.5) is 0 Å². The predicted octanol–water partition coefficient (Wildman–Crippen LogP) is -1.77. The Bertz CT molecular complexity index is 583. The van der Waals surface area contributed by atoms with Gasteiger partial charge in [-0.15, -0.1) is 0 Å². The van der Waals surface area contributed by atoms with Crippen LogP contribution in [0.1, 0.15) is 0 Å². The zero-order valence-electron chi connectivity index (χ0n) is 5.72. The highest BCUT2D eigenvalue weighted by Gasteiger charge is 2.02. The molecule has 0 aliphatic rings. The number of aromatic nitrogens is 4. The Morgan fingerprint density at radius 2 is 1.33 bits per heavy atom. The molecule has 2 aromatic heterocycles. The second-order valence-electron chi connectivity index (χ2n) is 2.24. The van der Waals surface area contributed by atoms with Crippen molar-refractivity contribution in [3.05, 3.63) is 31.3 Å². The van der Waals surface area contributed by atoms with Gasteiger partial charge in [0.1, 0.15) is 11.2 Å².